The topological polar surface area (TPSA) is 0 Å². The van der Waals surface area contributed by atoms with Crippen molar-refractivity contribution in [2.24, 2.45) is 0 Å². The van der Waals surface area contributed by atoms with Crippen molar-refractivity contribution in [1.82, 2.24) is 0 Å². The predicted molar refractivity (Wildman–Crippen MR) is 59.2 cm³/mol. The Kier molecular flexibility index (Phi) is 10.3. The standard InChI is InChI=1S/C9H16S2/c1-3-10-8-6-5-7-9-11-4-2/h3-4H,1-2,5-9H2. The SMILES string of the molecule is C=CSCCCCCSC=C. The zero-order valence-corrected chi connectivity index (χ0v) is 8.55. The highest BCUT2D eigenvalue weighted by Gasteiger charge is 1.87. The monoisotopic (exact) mass is 188 g/mol. The molecule has 0 aromatic carbocycles. The van der Waals surface area contributed by atoms with Crippen molar-refractivity contribution < 1.29 is 0 Å². The Morgan fingerprint density at radius 1 is 0.818 bits per heavy atom. The predicted octanol–water partition coefficient (Wildman–Crippen LogP) is 3.91. The molecule has 0 fully saturated rings. The smallest absolute Gasteiger partial charge is 0.00262 e. The summed E-state index contributed by atoms with van der Waals surface area (Å²) >= 11 is 3.62. The van der Waals surface area contributed by atoms with Crippen molar-refractivity contribution in [3.63, 3.8) is 0 Å². The van der Waals surface area contributed by atoms with E-state index in [2.05, 4.69) is 13.2 Å². The minimum atomic E-state index is 1.22. The lowest BCUT2D eigenvalue weighted by atomic mass is 10.3. The van der Waals surface area contributed by atoms with Crippen molar-refractivity contribution >= 4 is 23.5 Å². The van der Waals surface area contributed by atoms with Gasteiger partial charge in [0.25, 0.3) is 0 Å². The van der Waals surface area contributed by atoms with E-state index in [0.29, 0.717) is 0 Å². The lowest BCUT2D eigenvalue weighted by Crippen LogP contribution is -1.81. The Labute approximate surface area is 78.5 Å². The summed E-state index contributed by atoms with van der Waals surface area (Å²) in [6.07, 6.45) is 3.96. The third kappa shape index (κ3) is 10.2. The molecule has 0 rings (SSSR count). The average Bonchev–Trinajstić information content (AvgIpc) is 2.03. The third-order valence-electron chi connectivity index (χ3n) is 1.26. The number of rotatable bonds is 8. The van der Waals surface area contributed by atoms with Gasteiger partial charge in [0.1, 0.15) is 0 Å². The van der Waals surface area contributed by atoms with Crippen LogP contribution in [0.5, 0.6) is 0 Å². The van der Waals surface area contributed by atoms with Crippen LogP contribution in [-0.2, 0) is 0 Å². The van der Waals surface area contributed by atoms with Crippen LogP contribution < -0.4 is 0 Å². The molecule has 0 spiro atoms. The first kappa shape index (κ1) is 11.2. The van der Waals surface area contributed by atoms with Gasteiger partial charge in [-0.15, -0.1) is 23.5 Å². The van der Waals surface area contributed by atoms with Crippen LogP contribution in [0.4, 0.5) is 0 Å². The zero-order valence-electron chi connectivity index (χ0n) is 6.92. The third-order valence-corrected chi connectivity index (χ3v) is 2.78. The van der Waals surface area contributed by atoms with Crippen LogP contribution in [0.15, 0.2) is 24.0 Å². The van der Waals surface area contributed by atoms with Crippen molar-refractivity contribution in [2.75, 3.05) is 11.5 Å². The van der Waals surface area contributed by atoms with Gasteiger partial charge in [-0.25, -0.2) is 0 Å². The second kappa shape index (κ2) is 10.2. The molecule has 0 saturated carbocycles. The first-order valence-corrected chi connectivity index (χ1v) is 5.96. The molecule has 0 N–H and O–H groups in total. The van der Waals surface area contributed by atoms with Crippen LogP contribution in [0, 0.1) is 0 Å². The van der Waals surface area contributed by atoms with E-state index in [0.717, 1.165) is 0 Å². The van der Waals surface area contributed by atoms with Gasteiger partial charge in [0.05, 0.1) is 0 Å². The molecule has 0 aliphatic carbocycles. The van der Waals surface area contributed by atoms with Gasteiger partial charge < -0.3 is 0 Å². The Morgan fingerprint density at radius 3 is 1.64 bits per heavy atom. The molecule has 0 radical (unpaired) electrons. The van der Waals surface area contributed by atoms with Gasteiger partial charge in [-0.1, -0.05) is 19.6 Å². The lowest BCUT2D eigenvalue weighted by molar-refractivity contribution is 0.787. The number of hydrogen-bond donors (Lipinski definition) is 0. The quantitative estimate of drug-likeness (QED) is 0.530. The summed E-state index contributed by atoms with van der Waals surface area (Å²) in [6, 6.07) is 0. The van der Waals surface area contributed by atoms with E-state index in [9.17, 15) is 0 Å². The molecular weight excluding hydrogens is 172 g/mol. The fourth-order valence-corrected chi connectivity index (χ4v) is 1.79. The molecule has 0 atom stereocenters. The van der Waals surface area contributed by atoms with Gasteiger partial charge in [0, 0.05) is 0 Å². The van der Waals surface area contributed by atoms with E-state index < -0.39 is 0 Å². The Bertz CT molecular complexity index is 87.7. The normalized spacial score (nSPS) is 9.45. The first-order chi connectivity index (χ1) is 5.41. The van der Waals surface area contributed by atoms with Gasteiger partial charge >= 0.3 is 0 Å². The largest absolute Gasteiger partial charge is 0.135 e. The maximum atomic E-state index is 3.65. The lowest BCUT2D eigenvalue weighted by Gasteiger charge is -1.96. The summed E-state index contributed by atoms with van der Waals surface area (Å²) in [7, 11) is 0. The van der Waals surface area contributed by atoms with E-state index in [-0.39, 0.29) is 0 Å². The number of hydrogen-bond acceptors (Lipinski definition) is 2. The van der Waals surface area contributed by atoms with Crippen LogP contribution in [0.25, 0.3) is 0 Å². The molecular formula is C9H16S2. The zero-order chi connectivity index (χ0) is 8.36. The number of thioether (sulfide) groups is 2. The van der Waals surface area contributed by atoms with Crippen molar-refractivity contribution in [3.8, 4) is 0 Å². The molecule has 0 bridgehead atoms. The maximum absolute atomic E-state index is 3.65. The molecule has 0 nitrogen and oxygen atoms in total. The first-order valence-electron chi connectivity index (χ1n) is 3.87. The van der Waals surface area contributed by atoms with Gasteiger partial charge in [-0.05, 0) is 35.2 Å². The van der Waals surface area contributed by atoms with E-state index in [1.54, 1.807) is 0 Å². The molecule has 2 heteroatoms. The fourth-order valence-electron chi connectivity index (χ4n) is 0.714. The highest BCUT2D eigenvalue weighted by molar-refractivity contribution is 8.02. The van der Waals surface area contributed by atoms with Crippen LogP contribution in [-0.4, -0.2) is 11.5 Å². The molecule has 0 saturated heterocycles. The molecule has 0 aliphatic heterocycles. The summed E-state index contributed by atoms with van der Waals surface area (Å²) in [5.41, 5.74) is 0. The fraction of sp³-hybridized carbons (Fsp3) is 0.556. The molecule has 0 aromatic rings. The van der Waals surface area contributed by atoms with Crippen molar-refractivity contribution in [2.45, 2.75) is 19.3 Å². The van der Waals surface area contributed by atoms with Crippen LogP contribution >= 0.6 is 23.5 Å². The summed E-state index contributed by atoms with van der Waals surface area (Å²) in [5, 5.41) is 3.83. The van der Waals surface area contributed by atoms with Gasteiger partial charge in [0.15, 0.2) is 0 Å². The Morgan fingerprint density at radius 2 is 1.27 bits per heavy atom. The second-order valence-electron chi connectivity index (χ2n) is 2.14. The summed E-state index contributed by atoms with van der Waals surface area (Å²) in [4.78, 5) is 0. The molecule has 0 aromatic heterocycles. The molecule has 0 aliphatic rings. The Hall–Kier alpha value is 0.180. The molecule has 64 valence electrons. The van der Waals surface area contributed by atoms with Crippen LogP contribution in [0.3, 0.4) is 0 Å². The summed E-state index contributed by atoms with van der Waals surface area (Å²) in [6.45, 7) is 7.31. The van der Waals surface area contributed by atoms with Crippen molar-refractivity contribution in [1.29, 1.82) is 0 Å². The second-order valence-corrected chi connectivity index (χ2v) is 4.29. The summed E-state index contributed by atoms with van der Waals surface area (Å²) < 4.78 is 0. The van der Waals surface area contributed by atoms with E-state index >= 15 is 0 Å². The molecule has 11 heavy (non-hydrogen) atoms. The minimum absolute atomic E-state index is 1.22. The van der Waals surface area contributed by atoms with Crippen LogP contribution in [0.1, 0.15) is 19.3 Å². The minimum Gasteiger partial charge on any atom is -0.135 e. The van der Waals surface area contributed by atoms with E-state index in [1.807, 2.05) is 34.3 Å². The average molecular weight is 188 g/mol. The maximum Gasteiger partial charge on any atom is -0.00262 e. The van der Waals surface area contributed by atoms with Gasteiger partial charge in [0.2, 0.25) is 0 Å². The van der Waals surface area contributed by atoms with Gasteiger partial charge in [-0.3, -0.25) is 0 Å². The highest BCUT2D eigenvalue weighted by Crippen LogP contribution is 2.09. The Balaban J connectivity index is 2.79. The molecule has 0 unspecified atom stereocenters. The van der Waals surface area contributed by atoms with Crippen molar-refractivity contribution in [3.05, 3.63) is 24.0 Å². The molecule has 0 heterocycles. The van der Waals surface area contributed by atoms with E-state index in [4.69, 9.17) is 0 Å². The summed E-state index contributed by atoms with van der Waals surface area (Å²) in [5.74, 6) is 2.45. The van der Waals surface area contributed by atoms with Gasteiger partial charge in [-0.2, -0.15) is 0 Å². The highest BCUT2D eigenvalue weighted by atomic mass is 32.2. The van der Waals surface area contributed by atoms with Crippen LogP contribution in [0.2, 0.25) is 0 Å². The van der Waals surface area contributed by atoms with E-state index in [1.165, 1.54) is 30.8 Å². The number of unbranched alkanes of at least 4 members (excludes halogenated alkanes) is 2. The molecule has 0 amide bonds.